The fourth-order valence-corrected chi connectivity index (χ4v) is 3.45. The Labute approximate surface area is 151 Å². The highest BCUT2D eigenvalue weighted by Gasteiger charge is 2.34. The number of carbonyl (C=O) groups excluding carboxylic acids is 1. The van der Waals surface area contributed by atoms with Gasteiger partial charge >= 0.3 is 0 Å². The van der Waals surface area contributed by atoms with Crippen LogP contribution in [-0.4, -0.2) is 31.4 Å². The average molecular weight is 354 g/mol. The number of hydrogen-bond donors (Lipinski definition) is 0. The SMILES string of the molecule is COc1ccc2c(c1)CCCN2C(=O)C1CC(c2cccc(F)c2)=NO1. The van der Waals surface area contributed by atoms with Gasteiger partial charge in [-0.15, -0.1) is 0 Å². The molecule has 0 spiro atoms. The number of benzene rings is 2. The van der Waals surface area contributed by atoms with Gasteiger partial charge in [-0.05, 0) is 48.7 Å². The molecule has 6 heteroatoms. The molecule has 4 rings (SSSR count). The Morgan fingerprint density at radius 1 is 1.31 bits per heavy atom. The minimum atomic E-state index is -0.679. The normalized spacial score (nSPS) is 18.8. The Bertz CT molecular complexity index is 881. The third kappa shape index (κ3) is 3.03. The van der Waals surface area contributed by atoms with Gasteiger partial charge in [0.15, 0.2) is 0 Å². The summed E-state index contributed by atoms with van der Waals surface area (Å²) >= 11 is 0. The number of methoxy groups -OCH3 is 1. The summed E-state index contributed by atoms with van der Waals surface area (Å²) in [5.74, 6) is 0.331. The Morgan fingerprint density at radius 2 is 2.19 bits per heavy atom. The molecule has 0 saturated carbocycles. The van der Waals surface area contributed by atoms with E-state index in [-0.39, 0.29) is 11.7 Å². The van der Waals surface area contributed by atoms with Crippen molar-refractivity contribution < 1.29 is 18.8 Å². The lowest BCUT2D eigenvalue weighted by atomic mass is 9.99. The van der Waals surface area contributed by atoms with Gasteiger partial charge in [0, 0.05) is 24.2 Å². The molecule has 5 nitrogen and oxygen atoms in total. The Morgan fingerprint density at radius 3 is 3.00 bits per heavy atom. The van der Waals surface area contributed by atoms with Gasteiger partial charge in [-0.1, -0.05) is 17.3 Å². The number of hydrogen-bond acceptors (Lipinski definition) is 4. The zero-order chi connectivity index (χ0) is 18.1. The van der Waals surface area contributed by atoms with Crippen molar-refractivity contribution in [1.82, 2.24) is 0 Å². The number of oxime groups is 1. The number of ether oxygens (including phenoxy) is 1. The number of amides is 1. The van der Waals surface area contributed by atoms with Crippen molar-refractivity contribution in [2.24, 2.45) is 5.16 Å². The van der Waals surface area contributed by atoms with Gasteiger partial charge in [0.2, 0.25) is 6.10 Å². The highest BCUT2D eigenvalue weighted by Crippen LogP contribution is 2.32. The summed E-state index contributed by atoms with van der Waals surface area (Å²) in [6.07, 6.45) is 1.45. The Hall–Kier alpha value is -2.89. The van der Waals surface area contributed by atoms with Crippen LogP contribution in [0.2, 0.25) is 0 Å². The molecule has 0 radical (unpaired) electrons. The average Bonchev–Trinajstić information content (AvgIpc) is 3.16. The number of nitrogens with zero attached hydrogens (tertiary/aromatic N) is 2. The predicted molar refractivity (Wildman–Crippen MR) is 96.1 cm³/mol. The van der Waals surface area contributed by atoms with Crippen LogP contribution in [0.25, 0.3) is 0 Å². The molecular weight excluding hydrogens is 335 g/mol. The molecule has 1 atom stereocenters. The minimum Gasteiger partial charge on any atom is -0.497 e. The van der Waals surface area contributed by atoms with E-state index in [0.717, 1.165) is 29.8 Å². The van der Waals surface area contributed by atoms with Crippen LogP contribution >= 0.6 is 0 Å². The smallest absolute Gasteiger partial charge is 0.271 e. The van der Waals surface area contributed by atoms with Crippen LogP contribution in [0.3, 0.4) is 0 Å². The lowest BCUT2D eigenvalue weighted by molar-refractivity contribution is -0.128. The molecule has 0 bridgehead atoms. The second kappa shape index (κ2) is 6.78. The molecule has 0 aliphatic carbocycles. The quantitative estimate of drug-likeness (QED) is 0.850. The third-order valence-corrected chi connectivity index (χ3v) is 4.77. The largest absolute Gasteiger partial charge is 0.497 e. The summed E-state index contributed by atoms with van der Waals surface area (Å²) in [5.41, 5.74) is 3.22. The van der Waals surface area contributed by atoms with E-state index in [9.17, 15) is 9.18 Å². The summed E-state index contributed by atoms with van der Waals surface area (Å²) in [7, 11) is 1.63. The molecule has 2 aliphatic rings. The van der Waals surface area contributed by atoms with E-state index in [0.29, 0.717) is 24.2 Å². The fraction of sp³-hybridized carbons (Fsp3) is 0.300. The highest BCUT2D eigenvalue weighted by molar-refractivity contribution is 6.07. The van der Waals surface area contributed by atoms with Gasteiger partial charge < -0.3 is 14.5 Å². The molecule has 2 aromatic rings. The molecule has 2 aliphatic heterocycles. The van der Waals surface area contributed by atoms with E-state index in [1.807, 2.05) is 18.2 Å². The number of anilines is 1. The van der Waals surface area contributed by atoms with Crippen molar-refractivity contribution in [2.75, 3.05) is 18.6 Å². The Balaban J connectivity index is 1.52. The van der Waals surface area contributed by atoms with E-state index in [2.05, 4.69) is 5.16 Å². The number of carbonyl (C=O) groups is 1. The molecule has 2 aromatic carbocycles. The van der Waals surface area contributed by atoms with E-state index in [1.54, 1.807) is 24.1 Å². The first-order chi connectivity index (χ1) is 12.7. The lowest BCUT2D eigenvalue weighted by Gasteiger charge is -2.31. The van der Waals surface area contributed by atoms with Crippen LogP contribution in [-0.2, 0) is 16.1 Å². The Kier molecular flexibility index (Phi) is 4.32. The molecule has 0 fully saturated rings. The van der Waals surface area contributed by atoms with Gasteiger partial charge in [0.05, 0.1) is 12.8 Å². The van der Waals surface area contributed by atoms with E-state index < -0.39 is 6.10 Å². The first-order valence-electron chi connectivity index (χ1n) is 8.62. The van der Waals surface area contributed by atoms with Gasteiger partial charge in [-0.2, -0.15) is 0 Å². The molecule has 1 amide bonds. The third-order valence-electron chi connectivity index (χ3n) is 4.77. The maximum absolute atomic E-state index is 13.4. The topological polar surface area (TPSA) is 51.1 Å². The van der Waals surface area contributed by atoms with Gasteiger partial charge in [-0.25, -0.2) is 4.39 Å². The highest BCUT2D eigenvalue weighted by atomic mass is 19.1. The van der Waals surface area contributed by atoms with Crippen molar-refractivity contribution in [1.29, 1.82) is 0 Å². The first kappa shape index (κ1) is 16.6. The number of halogens is 1. The van der Waals surface area contributed by atoms with Crippen LogP contribution in [0, 0.1) is 5.82 Å². The summed E-state index contributed by atoms with van der Waals surface area (Å²) in [4.78, 5) is 20.1. The van der Waals surface area contributed by atoms with Crippen LogP contribution in [0.5, 0.6) is 5.75 Å². The monoisotopic (exact) mass is 354 g/mol. The maximum atomic E-state index is 13.4. The molecule has 26 heavy (non-hydrogen) atoms. The summed E-state index contributed by atoms with van der Waals surface area (Å²) in [6.45, 7) is 0.646. The van der Waals surface area contributed by atoms with Crippen LogP contribution in [0.15, 0.2) is 47.6 Å². The maximum Gasteiger partial charge on any atom is 0.271 e. The van der Waals surface area contributed by atoms with E-state index in [4.69, 9.17) is 9.57 Å². The van der Waals surface area contributed by atoms with Gasteiger partial charge in [0.1, 0.15) is 11.6 Å². The molecule has 0 N–H and O–H groups in total. The molecule has 1 unspecified atom stereocenters. The minimum absolute atomic E-state index is 0.119. The first-order valence-corrected chi connectivity index (χ1v) is 8.62. The zero-order valence-electron chi connectivity index (χ0n) is 14.4. The standard InChI is InChI=1S/C20H19FN2O3/c1-25-16-7-8-18-14(11-16)5-3-9-23(18)20(24)19-12-17(22-26-19)13-4-2-6-15(21)10-13/h2,4,6-8,10-11,19H,3,5,9,12H2,1H3. The van der Waals surface area contributed by atoms with Crippen molar-refractivity contribution in [3.8, 4) is 5.75 Å². The predicted octanol–water partition coefficient (Wildman–Crippen LogP) is 3.31. The van der Waals surface area contributed by atoms with Crippen molar-refractivity contribution in [3.05, 3.63) is 59.4 Å². The van der Waals surface area contributed by atoms with Gasteiger partial charge in [-0.3, -0.25) is 4.79 Å². The number of rotatable bonds is 3. The molecule has 2 heterocycles. The van der Waals surface area contributed by atoms with Crippen LogP contribution < -0.4 is 9.64 Å². The van der Waals surface area contributed by atoms with Crippen LogP contribution in [0.1, 0.15) is 24.0 Å². The van der Waals surface area contributed by atoms with E-state index >= 15 is 0 Å². The summed E-state index contributed by atoms with van der Waals surface area (Å²) in [6, 6.07) is 11.9. The summed E-state index contributed by atoms with van der Waals surface area (Å²) < 4.78 is 18.7. The number of aryl methyl sites for hydroxylation is 1. The van der Waals surface area contributed by atoms with Crippen molar-refractivity contribution in [3.63, 3.8) is 0 Å². The molecule has 0 saturated heterocycles. The van der Waals surface area contributed by atoms with E-state index in [1.165, 1.54) is 12.1 Å². The van der Waals surface area contributed by atoms with Crippen molar-refractivity contribution in [2.45, 2.75) is 25.4 Å². The van der Waals surface area contributed by atoms with Crippen molar-refractivity contribution >= 4 is 17.3 Å². The lowest BCUT2D eigenvalue weighted by Crippen LogP contribution is -2.42. The van der Waals surface area contributed by atoms with Gasteiger partial charge in [0.25, 0.3) is 5.91 Å². The second-order valence-corrected chi connectivity index (χ2v) is 6.43. The second-order valence-electron chi connectivity index (χ2n) is 6.43. The molecule has 134 valence electrons. The number of fused-ring (bicyclic) bond motifs is 1. The zero-order valence-corrected chi connectivity index (χ0v) is 14.4. The van der Waals surface area contributed by atoms with Crippen LogP contribution in [0.4, 0.5) is 10.1 Å². The fourth-order valence-electron chi connectivity index (χ4n) is 3.45. The molecule has 0 aromatic heterocycles. The molecular formula is C20H19FN2O3. The summed E-state index contributed by atoms with van der Waals surface area (Å²) in [5, 5.41) is 4.01.